The lowest BCUT2D eigenvalue weighted by Gasteiger charge is -2.28. The molecule has 0 amide bonds. The minimum absolute atomic E-state index is 0.214. The molecule has 118 valence electrons. The summed E-state index contributed by atoms with van der Waals surface area (Å²) in [7, 11) is 2.03. The molecule has 0 spiro atoms. The maximum Gasteiger partial charge on any atom is 0.169 e. The highest BCUT2D eigenvalue weighted by molar-refractivity contribution is 7.80. The summed E-state index contributed by atoms with van der Waals surface area (Å²) in [5.41, 5.74) is 2.21. The van der Waals surface area contributed by atoms with Gasteiger partial charge in [0, 0.05) is 13.6 Å². The molecular weight excluding hydrogens is 294 g/mol. The third kappa shape index (κ3) is 4.04. The summed E-state index contributed by atoms with van der Waals surface area (Å²) in [5.74, 6) is 0. The fourth-order valence-electron chi connectivity index (χ4n) is 2.14. The van der Waals surface area contributed by atoms with Gasteiger partial charge in [-0.2, -0.15) is 5.10 Å². The Hall–Kier alpha value is -1.95. The first-order chi connectivity index (χ1) is 10.6. The van der Waals surface area contributed by atoms with E-state index >= 15 is 0 Å². The second-order valence-corrected chi connectivity index (χ2v) is 5.69. The second kappa shape index (κ2) is 7.89. The van der Waals surface area contributed by atoms with Crippen molar-refractivity contribution in [1.82, 2.24) is 25.0 Å². The molecule has 5 nitrogen and oxygen atoms in total. The number of unbranched alkanes of at least 4 members (excludes halogenated alkanes) is 1. The Labute approximate surface area is 137 Å². The Kier molecular flexibility index (Phi) is 5.89. The molecule has 0 fully saturated rings. The molecule has 0 aliphatic rings. The molecule has 6 heteroatoms. The molecule has 2 rings (SSSR count). The van der Waals surface area contributed by atoms with Gasteiger partial charge in [0.2, 0.25) is 0 Å². The van der Waals surface area contributed by atoms with Crippen molar-refractivity contribution in [3.63, 3.8) is 0 Å². The van der Waals surface area contributed by atoms with E-state index in [9.17, 15) is 0 Å². The monoisotopic (exact) mass is 317 g/mol. The van der Waals surface area contributed by atoms with Gasteiger partial charge in [0.15, 0.2) is 5.11 Å². The van der Waals surface area contributed by atoms with Crippen molar-refractivity contribution in [2.75, 3.05) is 13.6 Å². The van der Waals surface area contributed by atoms with Crippen LogP contribution in [0.5, 0.6) is 0 Å². The SMILES string of the molecule is CCCCNC(=S)N(C)[C@@H](C)c1ccc(-n2cncn2)cc1. The summed E-state index contributed by atoms with van der Waals surface area (Å²) < 4.78 is 1.75. The molecular formula is C16H23N5S. The minimum Gasteiger partial charge on any atom is -0.363 e. The van der Waals surface area contributed by atoms with Crippen molar-refractivity contribution >= 4 is 17.3 Å². The largest absolute Gasteiger partial charge is 0.363 e. The average molecular weight is 317 g/mol. The van der Waals surface area contributed by atoms with E-state index in [1.165, 1.54) is 18.3 Å². The highest BCUT2D eigenvalue weighted by Crippen LogP contribution is 2.20. The lowest BCUT2D eigenvalue weighted by Crippen LogP contribution is -2.38. The molecule has 0 aliphatic carbocycles. The first-order valence-corrected chi connectivity index (χ1v) is 8.00. The Bertz CT molecular complexity index is 579. The van der Waals surface area contributed by atoms with Crippen LogP contribution in [0.15, 0.2) is 36.9 Å². The van der Waals surface area contributed by atoms with Crippen molar-refractivity contribution in [3.05, 3.63) is 42.5 Å². The fraction of sp³-hybridized carbons (Fsp3) is 0.438. The average Bonchev–Trinajstić information content (AvgIpc) is 3.08. The number of benzene rings is 1. The standard InChI is InChI=1S/C16H23N5S/c1-4-5-10-18-16(22)20(3)13(2)14-6-8-15(9-7-14)21-12-17-11-19-21/h6-9,11-13H,4-5,10H2,1-3H3,(H,18,22)/t13-/m0/s1. The maximum atomic E-state index is 5.45. The van der Waals surface area contributed by atoms with Crippen LogP contribution in [0.25, 0.3) is 5.69 Å². The summed E-state index contributed by atoms with van der Waals surface area (Å²) >= 11 is 5.45. The topological polar surface area (TPSA) is 46.0 Å². The van der Waals surface area contributed by atoms with Crippen molar-refractivity contribution in [2.24, 2.45) is 0 Å². The highest BCUT2D eigenvalue weighted by atomic mass is 32.1. The zero-order valence-electron chi connectivity index (χ0n) is 13.4. The molecule has 0 aliphatic heterocycles. The van der Waals surface area contributed by atoms with Gasteiger partial charge in [-0.15, -0.1) is 0 Å². The molecule has 1 heterocycles. The minimum atomic E-state index is 0.214. The van der Waals surface area contributed by atoms with Gasteiger partial charge in [0.1, 0.15) is 12.7 Å². The van der Waals surface area contributed by atoms with Crippen LogP contribution >= 0.6 is 12.2 Å². The van der Waals surface area contributed by atoms with E-state index in [2.05, 4.69) is 46.3 Å². The number of thiocarbonyl (C=S) groups is 1. The maximum absolute atomic E-state index is 5.45. The molecule has 0 unspecified atom stereocenters. The van der Waals surface area contributed by atoms with Gasteiger partial charge in [-0.05, 0) is 43.3 Å². The first-order valence-electron chi connectivity index (χ1n) is 7.59. The van der Waals surface area contributed by atoms with Gasteiger partial charge >= 0.3 is 0 Å². The van der Waals surface area contributed by atoms with Crippen LogP contribution in [0.2, 0.25) is 0 Å². The normalized spacial score (nSPS) is 12.0. The Morgan fingerprint density at radius 2 is 2.09 bits per heavy atom. The molecule has 0 saturated heterocycles. The van der Waals surface area contributed by atoms with Gasteiger partial charge < -0.3 is 10.2 Å². The summed E-state index contributed by atoms with van der Waals surface area (Å²) in [4.78, 5) is 6.05. The van der Waals surface area contributed by atoms with Gasteiger partial charge in [-0.3, -0.25) is 0 Å². The zero-order chi connectivity index (χ0) is 15.9. The van der Waals surface area contributed by atoms with Crippen LogP contribution in [0.4, 0.5) is 0 Å². The predicted octanol–water partition coefficient (Wildman–Crippen LogP) is 2.93. The summed E-state index contributed by atoms with van der Waals surface area (Å²) in [5, 5.41) is 8.23. The Morgan fingerprint density at radius 3 is 2.68 bits per heavy atom. The molecule has 1 aromatic heterocycles. The lowest BCUT2D eigenvalue weighted by atomic mass is 10.1. The second-order valence-electron chi connectivity index (χ2n) is 5.30. The summed E-state index contributed by atoms with van der Waals surface area (Å²) in [6, 6.07) is 8.51. The van der Waals surface area contributed by atoms with Gasteiger partial charge in [0.25, 0.3) is 0 Å². The van der Waals surface area contributed by atoms with Crippen molar-refractivity contribution in [2.45, 2.75) is 32.7 Å². The fourth-order valence-corrected chi connectivity index (χ4v) is 2.40. The van der Waals surface area contributed by atoms with Gasteiger partial charge in [-0.25, -0.2) is 9.67 Å². The highest BCUT2D eigenvalue weighted by Gasteiger charge is 2.14. The van der Waals surface area contributed by atoms with E-state index < -0.39 is 0 Å². The third-order valence-electron chi connectivity index (χ3n) is 3.77. The zero-order valence-corrected chi connectivity index (χ0v) is 14.2. The summed E-state index contributed by atoms with van der Waals surface area (Å²) in [6.07, 6.45) is 5.52. The molecule has 0 radical (unpaired) electrons. The van der Waals surface area contributed by atoms with E-state index in [0.717, 1.165) is 23.8 Å². The number of nitrogens with zero attached hydrogens (tertiary/aromatic N) is 4. The Balaban J connectivity index is 1.99. The van der Waals surface area contributed by atoms with Crippen LogP contribution in [0, 0.1) is 0 Å². The lowest BCUT2D eigenvalue weighted by molar-refractivity contribution is 0.395. The van der Waals surface area contributed by atoms with E-state index in [-0.39, 0.29) is 6.04 Å². The van der Waals surface area contributed by atoms with Crippen LogP contribution in [-0.4, -0.2) is 38.4 Å². The first kappa shape index (κ1) is 16.4. The molecule has 1 atom stereocenters. The van der Waals surface area contributed by atoms with Crippen molar-refractivity contribution in [3.8, 4) is 5.69 Å². The van der Waals surface area contributed by atoms with Crippen molar-refractivity contribution < 1.29 is 0 Å². The van der Waals surface area contributed by atoms with E-state index in [4.69, 9.17) is 12.2 Å². The van der Waals surface area contributed by atoms with Crippen molar-refractivity contribution in [1.29, 1.82) is 0 Å². The molecule has 1 N–H and O–H groups in total. The molecule has 0 saturated carbocycles. The molecule has 2 aromatic rings. The van der Waals surface area contributed by atoms with E-state index in [1.807, 2.05) is 19.2 Å². The predicted molar refractivity (Wildman–Crippen MR) is 93.0 cm³/mol. The van der Waals surface area contributed by atoms with Crippen LogP contribution in [0.1, 0.15) is 38.3 Å². The number of hydrogen-bond acceptors (Lipinski definition) is 3. The third-order valence-corrected chi connectivity index (χ3v) is 4.20. The number of rotatable bonds is 6. The van der Waals surface area contributed by atoms with Gasteiger partial charge in [0.05, 0.1) is 11.7 Å². The van der Waals surface area contributed by atoms with E-state index in [0.29, 0.717) is 0 Å². The Morgan fingerprint density at radius 1 is 1.36 bits per heavy atom. The van der Waals surface area contributed by atoms with E-state index in [1.54, 1.807) is 11.0 Å². The summed E-state index contributed by atoms with van der Waals surface area (Å²) in [6.45, 7) is 5.25. The van der Waals surface area contributed by atoms with Gasteiger partial charge in [-0.1, -0.05) is 25.5 Å². The molecule has 1 aromatic carbocycles. The van der Waals surface area contributed by atoms with Crippen LogP contribution < -0.4 is 5.32 Å². The quantitative estimate of drug-likeness (QED) is 0.655. The van der Waals surface area contributed by atoms with Crippen LogP contribution in [0.3, 0.4) is 0 Å². The van der Waals surface area contributed by atoms with Crippen LogP contribution in [-0.2, 0) is 0 Å². The number of aromatic nitrogens is 3. The molecule has 0 bridgehead atoms. The molecule has 22 heavy (non-hydrogen) atoms. The number of nitrogens with one attached hydrogen (secondary N) is 1. The number of hydrogen-bond donors (Lipinski definition) is 1. The smallest absolute Gasteiger partial charge is 0.169 e.